The Labute approximate surface area is 120 Å². The zero-order chi connectivity index (χ0) is 14.6. The molecule has 6 heteroatoms. The first kappa shape index (κ1) is 15.9. The van der Waals surface area contributed by atoms with Crippen molar-refractivity contribution in [3.8, 4) is 0 Å². The summed E-state index contributed by atoms with van der Waals surface area (Å²) < 4.78 is 18.6. The number of nitrogens with one attached hydrogen (secondary N) is 1. The number of alkyl carbamates (subject to hydrolysis) is 1. The number of hydrogen-bond donors (Lipinski definition) is 2. The minimum atomic E-state index is -0.551. The van der Waals surface area contributed by atoms with Crippen molar-refractivity contribution in [3.63, 3.8) is 0 Å². The maximum Gasteiger partial charge on any atom is 0.407 e. The second-order valence-electron chi connectivity index (χ2n) is 5.16. The van der Waals surface area contributed by atoms with Gasteiger partial charge in [-0.05, 0) is 38.5 Å². The molecule has 1 amide bonds. The first-order valence-corrected chi connectivity index (χ1v) is 6.66. The van der Waals surface area contributed by atoms with Crippen molar-refractivity contribution in [2.45, 2.75) is 32.4 Å². The molecule has 4 nitrogen and oxygen atoms in total. The zero-order valence-electron chi connectivity index (χ0n) is 11.2. The van der Waals surface area contributed by atoms with Gasteiger partial charge in [0.25, 0.3) is 0 Å². The normalized spacial score (nSPS) is 12.9. The van der Waals surface area contributed by atoms with Gasteiger partial charge in [0.05, 0.1) is 0 Å². The summed E-state index contributed by atoms with van der Waals surface area (Å²) in [6, 6.07) is 3.80. The van der Waals surface area contributed by atoms with E-state index in [1.165, 1.54) is 12.1 Å². The standard InChI is InChI=1S/C13H18BrFN2O2/c1-13(2,3)19-12(18)17-7-11(16)9-5-4-8(15)6-10(9)14/h4-6,11H,7,16H2,1-3H3,(H,17,18). The first-order valence-electron chi connectivity index (χ1n) is 5.86. The van der Waals surface area contributed by atoms with Crippen LogP contribution in [0.15, 0.2) is 22.7 Å². The lowest BCUT2D eigenvalue weighted by Gasteiger charge is -2.21. The van der Waals surface area contributed by atoms with Crippen molar-refractivity contribution in [3.05, 3.63) is 34.1 Å². The number of carbonyl (C=O) groups excluding carboxylic acids is 1. The van der Waals surface area contributed by atoms with Crippen molar-refractivity contribution in [2.24, 2.45) is 5.73 Å². The van der Waals surface area contributed by atoms with Gasteiger partial charge in [-0.15, -0.1) is 0 Å². The summed E-state index contributed by atoms with van der Waals surface area (Å²) in [7, 11) is 0. The number of carbonyl (C=O) groups is 1. The van der Waals surface area contributed by atoms with Crippen LogP contribution in [0.3, 0.4) is 0 Å². The van der Waals surface area contributed by atoms with Crippen LogP contribution in [0.2, 0.25) is 0 Å². The largest absolute Gasteiger partial charge is 0.444 e. The summed E-state index contributed by atoms with van der Waals surface area (Å²) in [6.45, 7) is 5.55. The van der Waals surface area contributed by atoms with Gasteiger partial charge in [0.2, 0.25) is 0 Å². The van der Waals surface area contributed by atoms with Gasteiger partial charge >= 0.3 is 6.09 Å². The van der Waals surface area contributed by atoms with Gasteiger partial charge in [-0.2, -0.15) is 0 Å². The number of halogens is 2. The fraction of sp³-hybridized carbons (Fsp3) is 0.462. The molecule has 0 aromatic heterocycles. The predicted molar refractivity (Wildman–Crippen MR) is 75.3 cm³/mol. The molecule has 3 N–H and O–H groups in total. The lowest BCUT2D eigenvalue weighted by molar-refractivity contribution is 0.0524. The fourth-order valence-corrected chi connectivity index (χ4v) is 2.06. The van der Waals surface area contributed by atoms with Gasteiger partial charge in [-0.1, -0.05) is 22.0 Å². The average molecular weight is 333 g/mol. The SMILES string of the molecule is CC(C)(C)OC(=O)NCC(N)c1ccc(F)cc1Br. The Kier molecular flexibility index (Phi) is 5.31. The van der Waals surface area contributed by atoms with Gasteiger partial charge < -0.3 is 15.8 Å². The molecular formula is C13H18BrFN2O2. The summed E-state index contributed by atoms with van der Waals surface area (Å²) in [5, 5.41) is 2.58. The molecule has 0 aliphatic heterocycles. The van der Waals surface area contributed by atoms with E-state index >= 15 is 0 Å². The molecule has 0 radical (unpaired) electrons. The van der Waals surface area contributed by atoms with Crippen LogP contribution in [0.4, 0.5) is 9.18 Å². The molecule has 1 aromatic carbocycles. The Morgan fingerprint density at radius 1 is 1.53 bits per heavy atom. The second-order valence-corrected chi connectivity index (χ2v) is 6.01. The first-order chi connectivity index (χ1) is 8.69. The maximum absolute atomic E-state index is 13.0. The Morgan fingerprint density at radius 2 is 2.16 bits per heavy atom. The third-order valence-corrected chi connectivity index (χ3v) is 2.91. The van der Waals surface area contributed by atoms with Crippen molar-refractivity contribution in [1.29, 1.82) is 0 Å². The van der Waals surface area contributed by atoms with Crippen molar-refractivity contribution in [2.75, 3.05) is 6.54 Å². The number of hydrogen-bond acceptors (Lipinski definition) is 3. The Hall–Kier alpha value is -1.14. The molecule has 106 valence electrons. The highest BCUT2D eigenvalue weighted by molar-refractivity contribution is 9.10. The molecule has 1 aromatic rings. The van der Waals surface area contributed by atoms with E-state index in [4.69, 9.17) is 10.5 Å². The summed E-state index contributed by atoms with van der Waals surface area (Å²) in [5.41, 5.74) is 6.10. The predicted octanol–water partition coefficient (Wildman–Crippen LogP) is 3.11. The summed E-state index contributed by atoms with van der Waals surface area (Å²) in [5.74, 6) is -0.345. The minimum Gasteiger partial charge on any atom is -0.444 e. The van der Waals surface area contributed by atoms with E-state index in [0.717, 1.165) is 5.56 Å². The topological polar surface area (TPSA) is 64.3 Å². The molecule has 0 saturated carbocycles. The molecule has 1 rings (SSSR count). The van der Waals surface area contributed by atoms with Gasteiger partial charge in [-0.25, -0.2) is 9.18 Å². The van der Waals surface area contributed by atoms with E-state index in [1.807, 2.05) is 0 Å². The molecule has 0 aliphatic carbocycles. The number of ether oxygens (including phenoxy) is 1. The highest BCUT2D eigenvalue weighted by Gasteiger charge is 2.17. The molecule has 1 atom stereocenters. The maximum atomic E-state index is 13.0. The summed E-state index contributed by atoms with van der Waals surface area (Å²) >= 11 is 3.24. The average Bonchev–Trinajstić information content (AvgIpc) is 2.23. The third-order valence-electron chi connectivity index (χ3n) is 2.23. The van der Waals surface area contributed by atoms with Gasteiger partial charge in [0.15, 0.2) is 0 Å². The van der Waals surface area contributed by atoms with Crippen LogP contribution in [-0.4, -0.2) is 18.2 Å². The highest BCUT2D eigenvalue weighted by Crippen LogP contribution is 2.22. The van der Waals surface area contributed by atoms with E-state index in [0.29, 0.717) is 4.47 Å². The van der Waals surface area contributed by atoms with Gasteiger partial charge in [0.1, 0.15) is 11.4 Å². The number of benzene rings is 1. The quantitative estimate of drug-likeness (QED) is 0.893. The minimum absolute atomic E-state index is 0.207. The van der Waals surface area contributed by atoms with Crippen LogP contribution >= 0.6 is 15.9 Å². The van der Waals surface area contributed by atoms with Crippen molar-refractivity contribution >= 4 is 22.0 Å². The van der Waals surface area contributed by atoms with Crippen LogP contribution < -0.4 is 11.1 Å². The molecule has 19 heavy (non-hydrogen) atoms. The molecule has 1 unspecified atom stereocenters. The van der Waals surface area contributed by atoms with Gasteiger partial charge in [0, 0.05) is 17.1 Å². The van der Waals surface area contributed by atoms with E-state index in [2.05, 4.69) is 21.2 Å². The fourth-order valence-electron chi connectivity index (χ4n) is 1.42. The smallest absolute Gasteiger partial charge is 0.407 e. The Balaban J connectivity index is 2.56. The molecule has 0 fully saturated rings. The molecule has 0 bridgehead atoms. The van der Waals surface area contributed by atoms with Crippen LogP contribution in [-0.2, 0) is 4.74 Å². The summed E-state index contributed by atoms with van der Waals surface area (Å²) in [4.78, 5) is 11.5. The van der Waals surface area contributed by atoms with Crippen molar-refractivity contribution in [1.82, 2.24) is 5.32 Å². The monoisotopic (exact) mass is 332 g/mol. The lowest BCUT2D eigenvalue weighted by Crippen LogP contribution is -2.36. The third kappa shape index (κ3) is 5.57. The lowest BCUT2D eigenvalue weighted by atomic mass is 10.1. The molecule has 0 heterocycles. The van der Waals surface area contributed by atoms with Crippen LogP contribution in [0.1, 0.15) is 32.4 Å². The number of rotatable bonds is 3. The van der Waals surface area contributed by atoms with E-state index < -0.39 is 17.7 Å². The zero-order valence-corrected chi connectivity index (χ0v) is 12.8. The Bertz CT molecular complexity index is 460. The second kappa shape index (κ2) is 6.34. The Morgan fingerprint density at radius 3 is 2.68 bits per heavy atom. The van der Waals surface area contributed by atoms with E-state index in [9.17, 15) is 9.18 Å². The van der Waals surface area contributed by atoms with E-state index in [1.54, 1.807) is 26.8 Å². The number of nitrogens with two attached hydrogens (primary N) is 1. The van der Waals surface area contributed by atoms with Crippen molar-refractivity contribution < 1.29 is 13.9 Å². The van der Waals surface area contributed by atoms with Crippen LogP contribution in [0, 0.1) is 5.82 Å². The number of amides is 1. The van der Waals surface area contributed by atoms with Gasteiger partial charge in [-0.3, -0.25) is 0 Å². The highest BCUT2D eigenvalue weighted by atomic mass is 79.9. The molecule has 0 saturated heterocycles. The van der Waals surface area contributed by atoms with Crippen LogP contribution in [0.5, 0.6) is 0 Å². The van der Waals surface area contributed by atoms with Crippen LogP contribution in [0.25, 0.3) is 0 Å². The van der Waals surface area contributed by atoms with E-state index in [-0.39, 0.29) is 12.4 Å². The molecule has 0 spiro atoms. The molecule has 0 aliphatic rings. The molecular weight excluding hydrogens is 315 g/mol. The summed E-state index contributed by atoms with van der Waals surface area (Å²) in [6.07, 6.45) is -0.527.